The van der Waals surface area contributed by atoms with Crippen molar-refractivity contribution in [2.75, 3.05) is 13.2 Å². The molecule has 0 rings (SSSR count). The fraction of sp³-hybridized carbons (Fsp3) is 0.625. The number of carboxylic acids is 1. The summed E-state index contributed by atoms with van der Waals surface area (Å²) in [5.74, 6) is -1.14. The second-order valence-electron chi connectivity index (χ2n) is 7.55. The van der Waals surface area contributed by atoms with E-state index in [-0.39, 0.29) is 11.5 Å². The van der Waals surface area contributed by atoms with Crippen LogP contribution in [0.2, 0.25) is 0 Å². The zero-order valence-electron chi connectivity index (χ0n) is 19.2. The highest BCUT2D eigenvalue weighted by molar-refractivity contribution is 5.93. The van der Waals surface area contributed by atoms with Crippen molar-refractivity contribution >= 4 is 17.9 Å². The minimum absolute atomic E-state index is 0.0449. The highest BCUT2D eigenvalue weighted by Crippen LogP contribution is 2.10. The van der Waals surface area contributed by atoms with Crippen LogP contribution in [0.25, 0.3) is 0 Å². The first-order valence-corrected chi connectivity index (χ1v) is 10.7. The van der Waals surface area contributed by atoms with E-state index in [1.165, 1.54) is 25.7 Å². The lowest BCUT2D eigenvalue weighted by atomic mass is 10.0. The van der Waals surface area contributed by atoms with Gasteiger partial charge in [-0.25, -0.2) is 14.4 Å². The Labute approximate surface area is 182 Å². The van der Waals surface area contributed by atoms with Crippen molar-refractivity contribution in [1.29, 1.82) is 0 Å². The van der Waals surface area contributed by atoms with E-state index in [0.717, 1.165) is 43.8 Å². The van der Waals surface area contributed by atoms with Crippen LogP contribution in [0, 0.1) is 5.92 Å². The molecule has 0 heterocycles. The number of aliphatic carboxylic acids is 1. The Kier molecular flexibility index (Phi) is 19.8. The van der Waals surface area contributed by atoms with Crippen LogP contribution in [-0.2, 0) is 23.9 Å². The molecule has 0 spiro atoms. The molecule has 0 aromatic rings. The molecule has 6 nitrogen and oxygen atoms in total. The van der Waals surface area contributed by atoms with E-state index in [4.69, 9.17) is 14.6 Å². The van der Waals surface area contributed by atoms with Gasteiger partial charge in [0.25, 0.3) is 0 Å². The molecule has 1 N–H and O–H groups in total. The Morgan fingerprint density at radius 2 is 1.40 bits per heavy atom. The number of ether oxygens (including phenoxy) is 2. The number of hydrogen-bond acceptors (Lipinski definition) is 5. The van der Waals surface area contributed by atoms with Gasteiger partial charge in [0, 0.05) is 11.6 Å². The van der Waals surface area contributed by atoms with Crippen LogP contribution in [0.1, 0.15) is 79.1 Å². The van der Waals surface area contributed by atoms with Crippen LogP contribution in [0.4, 0.5) is 0 Å². The van der Waals surface area contributed by atoms with Gasteiger partial charge in [-0.05, 0) is 31.8 Å². The van der Waals surface area contributed by atoms with Crippen LogP contribution < -0.4 is 0 Å². The predicted octanol–water partition coefficient (Wildman–Crippen LogP) is 5.63. The molecule has 172 valence electrons. The Hall–Kier alpha value is -2.37. The van der Waals surface area contributed by atoms with Crippen LogP contribution in [0.15, 0.2) is 36.5 Å². The summed E-state index contributed by atoms with van der Waals surface area (Å²) in [6.45, 7) is 16.0. The number of carboxylic acid groups (broad SMARTS) is 1. The van der Waals surface area contributed by atoms with Gasteiger partial charge in [0.1, 0.15) is 0 Å². The molecular weight excluding hydrogens is 384 g/mol. The third kappa shape index (κ3) is 21.9. The topological polar surface area (TPSA) is 89.9 Å². The molecule has 0 bridgehead atoms. The Balaban J connectivity index is 0. The molecule has 0 saturated carbocycles. The molecule has 0 unspecified atom stereocenters. The molecule has 0 saturated heterocycles. The van der Waals surface area contributed by atoms with Crippen molar-refractivity contribution in [3.05, 3.63) is 36.5 Å². The normalized spacial score (nSPS) is 10.3. The Morgan fingerprint density at radius 3 is 1.93 bits per heavy atom. The van der Waals surface area contributed by atoms with Crippen molar-refractivity contribution in [1.82, 2.24) is 0 Å². The van der Waals surface area contributed by atoms with Crippen molar-refractivity contribution in [2.45, 2.75) is 79.1 Å². The van der Waals surface area contributed by atoms with Gasteiger partial charge in [0.2, 0.25) is 0 Å². The van der Waals surface area contributed by atoms with Gasteiger partial charge in [0.15, 0.2) is 0 Å². The molecule has 0 aliphatic heterocycles. The molecule has 0 aliphatic carbocycles. The minimum atomic E-state index is -1.12. The van der Waals surface area contributed by atoms with E-state index in [0.29, 0.717) is 18.8 Å². The average Bonchev–Trinajstić information content (AvgIpc) is 2.68. The van der Waals surface area contributed by atoms with Gasteiger partial charge >= 0.3 is 17.9 Å². The highest BCUT2D eigenvalue weighted by Gasteiger charge is 2.04. The molecule has 6 heteroatoms. The van der Waals surface area contributed by atoms with E-state index in [9.17, 15) is 14.4 Å². The molecule has 0 aromatic carbocycles. The van der Waals surface area contributed by atoms with Gasteiger partial charge in [-0.2, -0.15) is 0 Å². The number of rotatable bonds is 15. The standard InChI is InChI=1S/C14H26O2.C10H14O4/c1-12(2)10-8-6-5-7-9-11-16-14(15)13(3)4;1-3-4-7-14-10(13)8(2)5-6-9(11)12/h12H,3,5-11H2,1-2,4H3;5-6H,2-4,7H2,1H3,(H,11,12). The van der Waals surface area contributed by atoms with Crippen LogP contribution >= 0.6 is 0 Å². The molecule has 0 fully saturated rings. The van der Waals surface area contributed by atoms with Crippen molar-refractivity contribution in [3.8, 4) is 0 Å². The Bertz CT molecular complexity index is 560. The zero-order valence-corrected chi connectivity index (χ0v) is 19.2. The molecule has 30 heavy (non-hydrogen) atoms. The summed E-state index contributed by atoms with van der Waals surface area (Å²) in [6.07, 6.45) is 11.0. The van der Waals surface area contributed by atoms with E-state index in [1.54, 1.807) is 6.92 Å². The van der Waals surface area contributed by atoms with E-state index < -0.39 is 11.9 Å². The lowest BCUT2D eigenvalue weighted by molar-refractivity contribution is -0.139. The molecule has 0 aromatic heterocycles. The highest BCUT2D eigenvalue weighted by atomic mass is 16.5. The lowest BCUT2D eigenvalue weighted by Gasteiger charge is -2.05. The molecule has 0 aliphatic rings. The first-order chi connectivity index (χ1) is 14.1. The average molecular weight is 425 g/mol. The van der Waals surface area contributed by atoms with Gasteiger partial charge in [-0.1, -0.05) is 72.5 Å². The number of carbonyl (C=O) groups is 3. The third-order valence-electron chi connectivity index (χ3n) is 3.93. The smallest absolute Gasteiger partial charge is 0.337 e. The predicted molar refractivity (Wildman–Crippen MR) is 120 cm³/mol. The molecule has 0 amide bonds. The molecular formula is C24H40O6. The maximum absolute atomic E-state index is 11.1. The summed E-state index contributed by atoms with van der Waals surface area (Å²) in [7, 11) is 0. The minimum Gasteiger partial charge on any atom is -0.478 e. The van der Waals surface area contributed by atoms with E-state index >= 15 is 0 Å². The van der Waals surface area contributed by atoms with Gasteiger partial charge < -0.3 is 14.6 Å². The van der Waals surface area contributed by atoms with E-state index in [1.807, 2.05) is 6.92 Å². The number of unbranched alkanes of at least 4 members (excludes halogenated alkanes) is 5. The lowest BCUT2D eigenvalue weighted by Crippen LogP contribution is -2.07. The van der Waals surface area contributed by atoms with Crippen LogP contribution in [-0.4, -0.2) is 36.2 Å². The number of hydrogen-bond donors (Lipinski definition) is 1. The first kappa shape index (κ1) is 29.8. The summed E-state index contributed by atoms with van der Waals surface area (Å²) in [4.78, 5) is 32.2. The third-order valence-corrected chi connectivity index (χ3v) is 3.93. The van der Waals surface area contributed by atoms with Gasteiger partial charge in [-0.3, -0.25) is 0 Å². The summed E-state index contributed by atoms with van der Waals surface area (Å²) in [6, 6.07) is 0. The quantitative estimate of drug-likeness (QED) is 0.159. The summed E-state index contributed by atoms with van der Waals surface area (Å²) >= 11 is 0. The van der Waals surface area contributed by atoms with Crippen molar-refractivity contribution < 1.29 is 29.0 Å². The maximum Gasteiger partial charge on any atom is 0.337 e. The molecule has 0 atom stereocenters. The largest absolute Gasteiger partial charge is 0.478 e. The fourth-order valence-electron chi connectivity index (χ4n) is 2.11. The number of esters is 2. The van der Waals surface area contributed by atoms with Crippen molar-refractivity contribution in [2.24, 2.45) is 5.92 Å². The van der Waals surface area contributed by atoms with Crippen LogP contribution in [0.5, 0.6) is 0 Å². The zero-order chi connectivity index (χ0) is 23.4. The maximum atomic E-state index is 11.1. The second-order valence-corrected chi connectivity index (χ2v) is 7.55. The van der Waals surface area contributed by atoms with Crippen molar-refractivity contribution in [3.63, 3.8) is 0 Å². The summed E-state index contributed by atoms with van der Waals surface area (Å²) in [5.41, 5.74) is 0.528. The fourth-order valence-corrected chi connectivity index (χ4v) is 2.11. The monoisotopic (exact) mass is 424 g/mol. The second kappa shape index (κ2) is 19.9. The van der Waals surface area contributed by atoms with Crippen LogP contribution in [0.3, 0.4) is 0 Å². The van der Waals surface area contributed by atoms with Gasteiger partial charge in [0.05, 0.1) is 18.8 Å². The summed E-state index contributed by atoms with van der Waals surface area (Å²) < 4.78 is 9.80. The first-order valence-electron chi connectivity index (χ1n) is 10.7. The molecule has 0 radical (unpaired) electrons. The number of carbonyl (C=O) groups excluding carboxylic acids is 2. The van der Waals surface area contributed by atoms with Gasteiger partial charge in [-0.15, -0.1) is 0 Å². The Morgan fingerprint density at radius 1 is 0.867 bits per heavy atom. The van der Waals surface area contributed by atoms with E-state index in [2.05, 4.69) is 27.0 Å². The summed E-state index contributed by atoms with van der Waals surface area (Å²) in [5, 5.41) is 8.28. The SMILES string of the molecule is C=C(C)C(=O)OCCCCCCCC(C)C.C=C(C=CC(=O)O)C(=O)OCCCC.